The number of hydrogen-bond donors (Lipinski definition) is 1. The number of aryl methyl sites for hydroxylation is 1. The van der Waals surface area contributed by atoms with Crippen LogP contribution in [0.4, 0.5) is 5.82 Å². The van der Waals surface area contributed by atoms with Gasteiger partial charge in [0.15, 0.2) is 0 Å². The third-order valence-electron chi connectivity index (χ3n) is 4.54. The van der Waals surface area contributed by atoms with Crippen LogP contribution in [0.5, 0.6) is 0 Å². The first-order valence-electron chi connectivity index (χ1n) is 8.82. The zero-order valence-corrected chi connectivity index (χ0v) is 16.5. The Morgan fingerprint density at radius 1 is 1.14 bits per heavy atom. The van der Waals surface area contributed by atoms with E-state index >= 15 is 0 Å². The zero-order chi connectivity index (χ0) is 20.3. The molecule has 3 heterocycles. The maximum atomic E-state index is 12.6. The van der Waals surface area contributed by atoms with Gasteiger partial charge in [-0.15, -0.1) is 0 Å². The highest BCUT2D eigenvalue weighted by atomic mass is 32.2. The summed E-state index contributed by atoms with van der Waals surface area (Å²) in [7, 11) is -0.609. The van der Waals surface area contributed by atoms with Crippen LogP contribution < -0.4 is 16.7 Å². The Morgan fingerprint density at radius 3 is 2.50 bits per heavy atom. The van der Waals surface area contributed by atoms with Crippen LogP contribution in [-0.2, 0) is 24.1 Å². The maximum absolute atomic E-state index is 12.6. The number of rotatable bonds is 5. The molecule has 10 nitrogen and oxygen atoms in total. The maximum Gasteiger partial charge on any atom is 0.330 e. The molecule has 28 heavy (non-hydrogen) atoms. The van der Waals surface area contributed by atoms with Crippen molar-refractivity contribution in [2.24, 2.45) is 19.2 Å². The van der Waals surface area contributed by atoms with Crippen LogP contribution in [0.3, 0.4) is 0 Å². The molecule has 0 bridgehead atoms. The monoisotopic (exact) mass is 406 g/mol. The van der Waals surface area contributed by atoms with E-state index in [-0.39, 0.29) is 10.5 Å². The fourth-order valence-electron chi connectivity index (χ4n) is 2.95. The van der Waals surface area contributed by atoms with Gasteiger partial charge >= 0.3 is 5.69 Å². The van der Waals surface area contributed by atoms with Crippen LogP contribution in [-0.4, -0.2) is 46.1 Å². The van der Waals surface area contributed by atoms with Crippen molar-refractivity contribution in [3.63, 3.8) is 0 Å². The second-order valence-electron chi connectivity index (χ2n) is 6.56. The van der Waals surface area contributed by atoms with Gasteiger partial charge in [-0.2, -0.15) is 9.41 Å². The molecule has 0 radical (unpaired) electrons. The second kappa shape index (κ2) is 8.07. The van der Waals surface area contributed by atoms with Crippen molar-refractivity contribution in [2.45, 2.75) is 24.2 Å². The van der Waals surface area contributed by atoms with Crippen molar-refractivity contribution in [3.05, 3.63) is 50.9 Å². The standard InChI is InChI=1S/C17H22N6O4S/c1-21-12-13(16(24)22(2)17(21)25)10-19-20-15-7-6-14(11-18-15)28(26,27)23-8-4-3-5-9-23/h6-7,10-12H,3-5,8-9H2,1-2H3,(H,18,20)/b19-10+. The van der Waals surface area contributed by atoms with Crippen LogP contribution in [0.15, 0.2) is 44.1 Å². The Kier molecular flexibility index (Phi) is 5.75. The van der Waals surface area contributed by atoms with Crippen LogP contribution in [0.25, 0.3) is 0 Å². The summed E-state index contributed by atoms with van der Waals surface area (Å²) >= 11 is 0. The van der Waals surface area contributed by atoms with Crippen LogP contribution in [0.1, 0.15) is 24.8 Å². The van der Waals surface area contributed by atoms with Crippen molar-refractivity contribution >= 4 is 22.1 Å². The van der Waals surface area contributed by atoms with Gasteiger partial charge in [0.2, 0.25) is 10.0 Å². The predicted octanol–water partition coefficient (Wildman–Crippen LogP) is 0.0996. The normalized spacial score (nSPS) is 15.8. The number of nitrogens with zero attached hydrogens (tertiary/aromatic N) is 5. The average Bonchev–Trinajstić information content (AvgIpc) is 2.71. The molecule has 150 valence electrons. The number of sulfonamides is 1. The van der Waals surface area contributed by atoms with Crippen molar-refractivity contribution in [1.29, 1.82) is 0 Å². The van der Waals surface area contributed by atoms with Gasteiger partial charge in [0, 0.05) is 39.6 Å². The number of anilines is 1. The molecule has 1 saturated heterocycles. The molecule has 1 fully saturated rings. The summed E-state index contributed by atoms with van der Waals surface area (Å²) in [5.74, 6) is 0.329. The lowest BCUT2D eigenvalue weighted by molar-refractivity contribution is 0.346. The molecule has 2 aromatic rings. The minimum absolute atomic E-state index is 0.135. The Hall–Kier alpha value is -2.79. The van der Waals surface area contributed by atoms with Crippen molar-refractivity contribution in [1.82, 2.24) is 18.4 Å². The molecule has 11 heteroatoms. The lowest BCUT2D eigenvalue weighted by Gasteiger charge is -2.25. The minimum Gasteiger partial charge on any atom is -0.303 e. The molecule has 0 atom stereocenters. The van der Waals surface area contributed by atoms with Gasteiger partial charge in [-0.05, 0) is 25.0 Å². The van der Waals surface area contributed by atoms with Gasteiger partial charge in [0.25, 0.3) is 5.56 Å². The van der Waals surface area contributed by atoms with Crippen molar-refractivity contribution < 1.29 is 8.42 Å². The molecule has 0 spiro atoms. The Bertz CT molecular complexity index is 1100. The molecule has 0 unspecified atom stereocenters. The van der Waals surface area contributed by atoms with E-state index in [0.29, 0.717) is 18.9 Å². The van der Waals surface area contributed by atoms with Gasteiger partial charge in [-0.25, -0.2) is 18.2 Å². The summed E-state index contributed by atoms with van der Waals surface area (Å²) in [6.07, 6.45) is 6.73. The highest BCUT2D eigenvalue weighted by Crippen LogP contribution is 2.20. The van der Waals surface area contributed by atoms with Crippen LogP contribution in [0, 0.1) is 0 Å². The van der Waals surface area contributed by atoms with Gasteiger partial charge in [-0.3, -0.25) is 14.8 Å². The first-order valence-corrected chi connectivity index (χ1v) is 10.3. The molecule has 0 saturated carbocycles. The summed E-state index contributed by atoms with van der Waals surface area (Å²) < 4.78 is 28.9. The Balaban J connectivity index is 1.72. The van der Waals surface area contributed by atoms with Gasteiger partial charge < -0.3 is 4.57 Å². The lowest BCUT2D eigenvalue weighted by Crippen LogP contribution is -2.38. The number of pyridine rings is 1. The largest absolute Gasteiger partial charge is 0.330 e. The van der Waals surface area contributed by atoms with E-state index in [1.165, 1.54) is 53.7 Å². The summed E-state index contributed by atoms with van der Waals surface area (Å²) in [5, 5.41) is 3.94. The molecule has 0 amide bonds. The van der Waals surface area contributed by atoms with E-state index in [2.05, 4.69) is 15.5 Å². The van der Waals surface area contributed by atoms with E-state index in [0.717, 1.165) is 23.8 Å². The predicted molar refractivity (Wildman–Crippen MR) is 105 cm³/mol. The lowest BCUT2D eigenvalue weighted by atomic mass is 10.2. The quantitative estimate of drug-likeness (QED) is 0.556. The van der Waals surface area contributed by atoms with Crippen molar-refractivity contribution in [3.8, 4) is 0 Å². The summed E-state index contributed by atoms with van der Waals surface area (Å²) in [4.78, 5) is 27.9. The van der Waals surface area contributed by atoms with Crippen molar-refractivity contribution in [2.75, 3.05) is 18.5 Å². The average molecular weight is 406 g/mol. The SMILES string of the molecule is Cn1cc(/C=N/Nc2ccc(S(=O)(=O)N3CCCCC3)cn2)c(=O)n(C)c1=O. The molecule has 1 aliphatic rings. The van der Waals surface area contributed by atoms with E-state index in [9.17, 15) is 18.0 Å². The number of piperidine rings is 1. The molecular formula is C17H22N6O4S. The number of nitrogens with one attached hydrogen (secondary N) is 1. The summed E-state index contributed by atoms with van der Waals surface area (Å²) in [6.45, 7) is 1.06. The van der Waals surface area contributed by atoms with E-state index in [1.807, 2.05) is 0 Å². The number of hydrogen-bond acceptors (Lipinski definition) is 7. The minimum atomic E-state index is -3.53. The summed E-state index contributed by atoms with van der Waals surface area (Å²) in [6, 6.07) is 2.98. The first kappa shape index (κ1) is 20.0. The fraction of sp³-hybridized carbons (Fsp3) is 0.412. The van der Waals surface area contributed by atoms with Crippen LogP contribution in [0.2, 0.25) is 0 Å². The zero-order valence-electron chi connectivity index (χ0n) is 15.7. The molecule has 3 rings (SSSR count). The molecule has 0 aliphatic carbocycles. The topological polar surface area (TPSA) is 119 Å². The highest BCUT2D eigenvalue weighted by molar-refractivity contribution is 7.89. The fourth-order valence-corrected chi connectivity index (χ4v) is 4.41. The molecule has 1 N–H and O–H groups in total. The van der Waals surface area contributed by atoms with Gasteiger partial charge in [0.1, 0.15) is 10.7 Å². The van der Waals surface area contributed by atoms with Crippen LogP contribution >= 0.6 is 0 Å². The van der Waals surface area contributed by atoms with E-state index in [1.54, 1.807) is 0 Å². The van der Waals surface area contributed by atoms with Gasteiger partial charge in [-0.1, -0.05) is 6.42 Å². The van der Waals surface area contributed by atoms with Gasteiger partial charge in [0.05, 0.1) is 11.8 Å². The van der Waals surface area contributed by atoms with E-state index < -0.39 is 21.3 Å². The molecule has 0 aromatic carbocycles. The third-order valence-corrected chi connectivity index (χ3v) is 6.43. The number of hydrazone groups is 1. The van der Waals surface area contributed by atoms with E-state index in [4.69, 9.17) is 0 Å². The molecule has 1 aliphatic heterocycles. The number of aromatic nitrogens is 3. The second-order valence-corrected chi connectivity index (χ2v) is 8.49. The smallest absolute Gasteiger partial charge is 0.303 e. The molecular weight excluding hydrogens is 384 g/mol. The Labute approximate surface area is 162 Å². The summed E-state index contributed by atoms with van der Waals surface area (Å²) in [5.41, 5.74) is 1.97. The molecule has 2 aromatic heterocycles. The first-order chi connectivity index (χ1) is 13.3. The Morgan fingerprint density at radius 2 is 1.86 bits per heavy atom. The third kappa shape index (κ3) is 4.04. The highest BCUT2D eigenvalue weighted by Gasteiger charge is 2.26.